The van der Waals surface area contributed by atoms with Crippen LogP contribution in [0.1, 0.15) is 45.2 Å². The van der Waals surface area contributed by atoms with Gasteiger partial charge >= 0.3 is 29.6 Å². The van der Waals surface area contributed by atoms with Gasteiger partial charge in [0.25, 0.3) is 11.8 Å². The first-order valence-corrected chi connectivity index (χ1v) is 8.95. The molecular weight excluding hydrogens is 423 g/mol. The third-order valence-corrected chi connectivity index (χ3v) is 4.90. The zero-order valence-corrected chi connectivity index (χ0v) is 18.6. The molecule has 2 amide bonds. The summed E-state index contributed by atoms with van der Waals surface area (Å²) in [7, 11) is 0. The van der Waals surface area contributed by atoms with E-state index in [0.717, 1.165) is 27.8 Å². The molecule has 11 heteroatoms. The van der Waals surface area contributed by atoms with Crippen molar-refractivity contribution in [2.24, 2.45) is 0 Å². The minimum Gasteiger partial charge on any atom is -0.868 e. The number of hydrogen-bond acceptors (Lipinski definition) is 5. The summed E-state index contributed by atoms with van der Waals surface area (Å²) in [5.41, 5.74) is -3.43. The molecule has 31 heavy (non-hydrogen) atoms. The van der Waals surface area contributed by atoms with Gasteiger partial charge in [-0.05, 0) is 25.2 Å². The molecule has 2 atom stereocenters. The van der Waals surface area contributed by atoms with Gasteiger partial charge in [-0.25, -0.2) is 8.78 Å². The summed E-state index contributed by atoms with van der Waals surface area (Å²) in [6.07, 6.45) is -0.390. The molecule has 1 saturated heterocycles. The number of benzene rings is 1. The molecule has 2 aliphatic heterocycles. The topological polar surface area (TPSA) is 104 Å². The van der Waals surface area contributed by atoms with Crippen LogP contribution < -0.4 is 45.4 Å². The molecule has 1 aromatic heterocycles. The number of halogens is 2. The zero-order chi connectivity index (χ0) is 25.2. The number of pyridine rings is 1. The summed E-state index contributed by atoms with van der Waals surface area (Å²) in [6, 6.07) is 1.36. The van der Waals surface area contributed by atoms with Crippen LogP contribution in [-0.4, -0.2) is 40.1 Å². The standard InChI is InChI=1S/C20H19F2N3O5.Na/c1-10-4-5-30-15-9-24-8-13(17(26)18(27)16(24)20(29)25(10)15)19(28)23-7-11-2-3-12(21)6-14(11)22;/h2-3,6,8,10,15,27H,4-5,7,9H2,1H3,(H,23,28);/q;+1/p-1/t10-,15+;/m1./s1/i5D2,7D2;. The van der Waals surface area contributed by atoms with Crippen LogP contribution in [0.25, 0.3) is 0 Å². The molecule has 4 rings (SSSR count). The van der Waals surface area contributed by atoms with Crippen LogP contribution in [0.15, 0.2) is 29.2 Å². The van der Waals surface area contributed by atoms with Crippen molar-refractivity contribution in [3.8, 4) is 5.75 Å². The molecule has 158 valence electrons. The molecule has 0 spiro atoms. The van der Waals surface area contributed by atoms with Crippen molar-refractivity contribution in [1.82, 2.24) is 14.8 Å². The summed E-state index contributed by atoms with van der Waals surface area (Å²) >= 11 is 0. The fourth-order valence-corrected chi connectivity index (χ4v) is 3.40. The first-order valence-electron chi connectivity index (χ1n) is 10.9. The number of rotatable bonds is 3. The van der Waals surface area contributed by atoms with Gasteiger partial charge in [0, 0.05) is 30.4 Å². The van der Waals surface area contributed by atoms with Crippen LogP contribution >= 0.6 is 0 Å². The Morgan fingerprint density at radius 3 is 2.87 bits per heavy atom. The predicted octanol–water partition coefficient (Wildman–Crippen LogP) is -2.28. The molecule has 0 bridgehead atoms. The maximum Gasteiger partial charge on any atom is 1.00 e. The SMILES string of the molecule is [2H]C1([2H])C[C@@H](C)N2C(=O)c3c([O-])c(=O)c(C(=O)NC([2H])([2H])c4ccc(F)cc4F)cn3C[C@@H]2O1.[Na+]. The second kappa shape index (κ2) is 9.07. The average molecular weight is 445 g/mol. The van der Waals surface area contributed by atoms with Crippen LogP contribution in [0.2, 0.25) is 0 Å². The Balaban J connectivity index is 0.00000342. The van der Waals surface area contributed by atoms with E-state index in [-0.39, 0.29) is 42.5 Å². The van der Waals surface area contributed by atoms with Gasteiger partial charge in [-0.2, -0.15) is 0 Å². The predicted molar refractivity (Wildman–Crippen MR) is 97.7 cm³/mol. The van der Waals surface area contributed by atoms with E-state index in [2.05, 4.69) is 0 Å². The van der Waals surface area contributed by atoms with Crippen LogP contribution in [-0.2, 0) is 17.8 Å². The Labute approximate surface area is 203 Å². The summed E-state index contributed by atoms with van der Waals surface area (Å²) in [4.78, 5) is 39.4. The van der Waals surface area contributed by atoms with Crippen LogP contribution in [0.5, 0.6) is 5.75 Å². The summed E-state index contributed by atoms with van der Waals surface area (Å²) in [5, 5.41) is 14.5. The Morgan fingerprint density at radius 2 is 2.16 bits per heavy atom. The molecule has 8 nitrogen and oxygen atoms in total. The Hall–Kier alpha value is -2.27. The fourth-order valence-electron chi connectivity index (χ4n) is 3.40. The van der Waals surface area contributed by atoms with Gasteiger partial charge in [-0.15, -0.1) is 0 Å². The van der Waals surface area contributed by atoms with E-state index in [4.69, 9.17) is 10.2 Å². The normalized spacial score (nSPS) is 23.8. The number of nitrogens with one attached hydrogen (secondary N) is 1. The molecular formula is C20H18F2N3NaO5. The molecule has 1 fully saturated rings. The molecule has 0 unspecified atom stereocenters. The Kier molecular flexibility index (Phi) is 5.36. The fraction of sp³-hybridized carbons (Fsp3) is 0.350. The van der Waals surface area contributed by atoms with Crippen molar-refractivity contribution >= 4 is 11.8 Å². The number of carbonyl (C=O) groups excluding carboxylic acids is 2. The minimum absolute atomic E-state index is 0. The van der Waals surface area contributed by atoms with Crippen molar-refractivity contribution in [1.29, 1.82) is 0 Å². The first-order chi connectivity index (χ1) is 15.7. The van der Waals surface area contributed by atoms with Gasteiger partial charge in [0.1, 0.15) is 22.9 Å². The molecule has 2 aliphatic rings. The Bertz CT molecular complexity index is 1280. The third-order valence-electron chi connectivity index (χ3n) is 4.90. The summed E-state index contributed by atoms with van der Waals surface area (Å²) in [6.45, 7) is -3.62. The molecule has 0 radical (unpaired) electrons. The number of fused-ring (bicyclic) bond motifs is 2. The van der Waals surface area contributed by atoms with Crippen molar-refractivity contribution in [3.63, 3.8) is 0 Å². The smallest absolute Gasteiger partial charge is 0.868 e. The number of carbonyl (C=O) groups is 2. The van der Waals surface area contributed by atoms with Crippen molar-refractivity contribution in [2.75, 3.05) is 6.56 Å². The van der Waals surface area contributed by atoms with Crippen LogP contribution in [0.4, 0.5) is 8.78 Å². The number of amides is 2. The number of hydrogen-bond donors (Lipinski definition) is 1. The van der Waals surface area contributed by atoms with E-state index in [1.54, 1.807) is 12.2 Å². The second-order valence-electron chi connectivity index (χ2n) is 6.89. The average Bonchev–Trinajstić information content (AvgIpc) is 2.68. The van der Waals surface area contributed by atoms with E-state index in [0.29, 0.717) is 6.07 Å². The van der Waals surface area contributed by atoms with E-state index < -0.39 is 76.8 Å². The Morgan fingerprint density at radius 1 is 1.42 bits per heavy atom. The van der Waals surface area contributed by atoms with Gasteiger partial charge in [0.15, 0.2) is 11.7 Å². The van der Waals surface area contributed by atoms with Gasteiger partial charge in [-0.3, -0.25) is 14.4 Å². The van der Waals surface area contributed by atoms with E-state index in [1.807, 2.05) is 0 Å². The second-order valence-corrected chi connectivity index (χ2v) is 6.89. The van der Waals surface area contributed by atoms with Gasteiger partial charge in [0.2, 0.25) is 0 Å². The van der Waals surface area contributed by atoms with E-state index in [1.165, 1.54) is 0 Å². The zero-order valence-electron chi connectivity index (χ0n) is 20.6. The van der Waals surface area contributed by atoms with Crippen LogP contribution in [0, 0.1) is 11.6 Å². The van der Waals surface area contributed by atoms with E-state index in [9.17, 15) is 28.3 Å². The number of ether oxygens (including phenoxy) is 1. The largest absolute Gasteiger partial charge is 1.00 e. The minimum atomic E-state index is -2.88. The molecule has 0 saturated carbocycles. The van der Waals surface area contributed by atoms with Crippen molar-refractivity contribution in [3.05, 3.63) is 63.1 Å². The third kappa shape index (κ3) is 4.25. The monoisotopic (exact) mass is 445 g/mol. The molecule has 1 N–H and O–H groups in total. The summed E-state index contributed by atoms with van der Waals surface area (Å²) < 4.78 is 65.1. The number of nitrogens with zero attached hydrogens (tertiary/aromatic N) is 2. The van der Waals surface area contributed by atoms with E-state index >= 15 is 0 Å². The number of aromatic nitrogens is 1. The van der Waals surface area contributed by atoms with Gasteiger partial charge in [0.05, 0.1) is 18.6 Å². The maximum absolute atomic E-state index is 14.0. The molecule has 3 heterocycles. The maximum atomic E-state index is 14.0. The molecule has 2 aromatic rings. The first kappa shape index (κ1) is 18.3. The van der Waals surface area contributed by atoms with Gasteiger partial charge in [-0.1, -0.05) is 6.07 Å². The molecule has 0 aliphatic carbocycles. The summed E-state index contributed by atoms with van der Waals surface area (Å²) in [5.74, 6) is -5.77. The van der Waals surface area contributed by atoms with Crippen molar-refractivity contribution in [2.45, 2.75) is 38.7 Å². The van der Waals surface area contributed by atoms with Crippen LogP contribution in [0.3, 0.4) is 0 Å². The molecule has 1 aromatic carbocycles. The quantitative estimate of drug-likeness (QED) is 0.537. The van der Waals surface area contributed by atoms with Gasteiger partial charge < -0.3 is 24.6 Å². The van der Waals surface area contributed by atoms with Crippen molar-refractivity contribution < 1.29 is 63.3 Å².